The molecule has 0 aromatic heterocycles. The van der Waals surface area contributed by atoms with Gasteiger partial charge in [0.2, 0.25) is 0 Å². The molecule has 0 atom stereocenters. The molecule has 0 aliphatic heterocycles. The van der Waals surface area contributed by atoms with Crippen LogP contribution in [-0.4, -0.2) is 18.5 Å². The molecule has 0 saturated carbocycles. The number of halogens is 3. The molecular weight excluding hydrogens is 697 g/mol. The van der Waals surface area contributed by atoms with Gasteiger partial charge in [-0.15, -0.1) is 0 Å². The van der Waals surface area contributed by atoms with Crippen LogP contribution in [0.2, 0.25) is 0 Å². The summed E-state index contributed by atoms with van der Waals surface area (Å²) < 4.78 is 13.8. The number of carbonyl (C=O) groups is 2. The van der Waals surface area contributed by atoms with E-state index in [9.17, 15) is 9.59 Å². The molecule has 0 bridgehead atoms. The lowest BCUT2D eigenvalue weighted by Gasteiger charge is -2.13. The summed E-state index contributed by atoms with van der Waals surface area (Å²) in [6, 6.07) is 14.5. The van der Waals surface area contributed by atoms with Gasteiger partial charge in [-0.05, 0) is 104 Å². The van der Waals surface area contributed by atoms with Crippen LogP contribution >= 0.6 is 67.8 Å². The van der Waals surface area contributed by atoms with Crippen LogP contribution in [0.5, 0.6) is 5.75 Å². The van der Waals surface area contributed by atoms with Crippen LogP contribution in [0, 0.1) is 10.7 Å². The minimum absolute atomic E-state index is 0.334. The summed E-state index contributed by atoms with van der Waals surface area (Å²) in [6.45, 7) is 2.27. The molecule has 0 spiro atoms. The van der Waals surface area contributed by atoms with Crippen molar-refractivity contribution in [2.24, 2.45) is 0 Å². The number of ether oxygens (including phenoxy) is 2. The van der Waals surface area contributed by atoms with E-state index in [4.69, 9.17) is 9.47 Å². The van der Waals surface area contributed by atoms with E-state index < -0.39 is 11.9 Å². The Labute approximate surface area is 203 Å². The van der Waals surface area contributed by atoms with Crippen molar-refractivity contribution in [1.29, 1.82) is 0 Å². The van der Waals surface area contributed by atoms with Gasteiger partial charge in [0.1, 0.15) is 0 Å². The molecule has 4 nitrogen and oxygen atoms in total. The van der Waals surface area contributed by atoms with Gasteiger partial charge in [0.05, 0.1) is 24.9 Å². The van der Waals surface area contributed by atoms with Crippen LogP contribution in [-0.2, 0) is 4.74 Å². The third-order valence-electron chi connectivity index (χ3n) is 3.94. The van der Waals surface area contributed by atoms with Crippen molar-refractivity contribution in [3.63, 3.8) is 0 Å². The molecule has 3 rings (SSSR count). The maximum atomic E-state index is 13.0. The fraction of sp³-hybridized carbons (Fsp3) is 0.143. The molecule has 0 radical (unpaired) electrons. The molecule has 0 aliphatic carbocycles. The van der Waals surface area contributed by atoms with Crippen molar-refractivity contribution in [3.05, 3.63) is 70.4 Å². The first-order chi connectivity index (χ1) is 13.4. The van der Waals surface area contributed by atoms with Crippen LogP contribution < -0.4 is 4.74 Å². The predicted octanol–water partition coefficient (Wildman–Crippen LogP) is 6.44. The fourth-order valence-electron chi connectivity index (χ4n) is 2.73. The summed E-state index contributed by atoms with van der Waals surface area (Å²) in [5.74, 6) is -0.417. The van der Waals surface area contributed by atoms with E-state index in [0.29, 0.717) is 28.9 Å². The number of benzene rings is 3. The number of carbonyl (C=O) groups excluding carboxylic acids is 2. The van der Waals surface area contributed by atoms with Gasteiger partial charge >= 0.3 is 11.9 Å². The first-order valence-electron chi connectivity index (χ1n) is 8.48. The molecular formula is C21H15I3O4. The maximum Gasteiger partial charge on any atom is 0.344 e. The first kappa shape index (κ1) is 21.8. The van der Waals surface area contributed by atoms with Crippen molar-refractivity contribution in [2.75, 3.05) is 6.61 Å². The van der Waals surface area contributed by atoms with Crippen molar-refractivity contribution in [1.82, 2.24) is 0 Å². The second-order valence-electron chi connectivity index (χ2n) is 5.93. The number of hydrogen-bond donors (Lipinski definition) is 0. The molecule has 0 unspecified atom stereocenters. The topological polar surface area (TPSA) is 52.6 Å². The molecule has 0 aliphatic rings. The normalized spacial score (nSPS) is 10.7. The van der Waals surface area contributed by atoms with Gasteiger partial charge < -0.3 is 9.47 Å². The monoisotopic (exact) mass is 712 g/mol. The number of esters is 2. The second kappa shape index (κ2) is 9.70. The molecule has 0 heterocycles. The molecule has 0 saturated heterocycles. The number of hydrogen-bond acceptors (Lipinski definition) is 4. The van der Waals surface area contributed by atoms with Gasteiger partial charge in [-0.2, -0.15) is 0 Å². The molecule has 7 heteroatoms. The Kier molecular flexibility index (Phi) is 7.54. The first-order valence-corrected chi connectivity index (χ1v) is 11.7. The largest absolute Gasteiger partial charge is 0.462 e. The van der Waals surface area contributed by atoms with E-state index >= 15 is 0 Å². The lowest BCUT2D eigenvalue weighted by molar-refractivity contribution is 0.0507. The summed E-state index contributed by atoms with van der Waals surface area (Å²) >= 11 is 6.53. The van der Waals surface area contributed by atoms with Gasteiger partial charge in [-0.3, -0.25) is 0 Å². The van der Waals surface area contributed by atoms with E-state index in [1.165, 1.54) is 0 Å². The van der Waals surface area contributed by atoms with Crippen LogP contribution in [0.25, 0.3) is 10.8 Å². The van der Waals surface area contributed by atoms with E-state index in [2.05, 4.69) is 67.8 Å². The molecule has 28 heavy (non-hydrogen) atoms. The van der Waals surface area contributed by atoms with Crippen molar-refractivity contribution in [2.45, 2.75) is 13.3 Å². The van der Waals surface area contributed by atoms with Crippen molar-refractivity contribution < 1.29 is 19.1 Å². The Bertz CT molecular complexity index is 1030. The smallest absolute Gasteiger partial charge is 0.344 e. The zero-order valence-corrected chi connectivity index (χ0v) is 21.3. The minimum Gasteiger partial charge on any atom is -0.462 e. The third kappa shape index (κ3) is 4.78. The highest BCUT2D eigenvalue weighted by atomic mass is 127. The average molecular weight is 712 g/mol. The Morgan fingerprint density at radius 1 is 0.893 bits per heavy atom. The lowest BCUT2D eigenvalue weighted by atomic mass is 9.99. The molecule has 0 N–H and O–H groups in total. The molecule has 3 aromatic carbocycles. The predicted molar refractivity (Wildman–Crippen MR) is 134 cm³/mol. The van der Waals surface area contributed by atoms with Gasteiger partial charge in [0, 0.05) is 8.96 Å². The Morgan fingerprint density at radius 2 is 1.46 bits per heavy atom. The fourth-order valence-corrected chi connectivity index (χ4v) is 6.53. The van der Waals surface area contributed by atoms with Gasteiger partial charge in [0.15, 0.2) is 5.75 Å². The zero-order valence-electron chi connectivity index (χ0n) is 14.8. The SMILES string of the molecule is CCCOC(=O)c1cccc2cccc(C(=O)Oc3c(I)cc(I)cc3I)c12. The third-order valence-corrected chi connectivity index (χ3v) is 6.17. The Hall–Kier alpha value is -0.950. The maximum absolute atomic E-state index is 13.0. The van der Waals surface area contributed by atoms with Gasteiger partial charge in [-0.1, -0.05) is 31.2 Å². The van der Waals surface area contributed by atoms with Crippen LogP contribution in [0.1, 0.15) is 34.1 Å². The van der Waals surface area contributed by atoms with Crippen LogP contribution in [0.3, 0.4) is 0 Å². The minimum atomic E-state index is -0.501. The quantitative estimate of drug-likeness (QED) is 0.174. The Balaban J connectivity index is 2.06. The standard InChI is InChI=1S/C21H15I3O4/c1-2-9-27-20(25)14-7-3-5-12-6-4-8-15(18(12)14)21(26)28-19-16(23)10-13(22)11-17(19)24/h3-8,10-11H,2,9H2,1H3. The summed E-state index contributed by atoms with van der Waals surface area (Å²) in [5, 5.41) is 1.33. The Morgan fingerprint density at radius 3 is 2.04 bits per heavy atom. The van der Waals surface area contributed by atoms with Crippen LogP contribution in [0.15, 0.2) is 48.5 Å². The highest BCUT2D eigenvalue weighted by Crippen LogP contribution is 2.31. The summed E-state index contributed by atoms with van der Waals surface area (Å²) in [6.07, 6.45) is 0.731. The number of fused-ring (bicyclic) bond motifs is 1. The zero-order chi connectivity index (χ0) is 20.3. The molecule has 0 fully saturated rings. The summed E-state index contributed by atoms with van der Waals surface area (Å²) in [5.41, 5.74) is 0.706. The molecule has 3 aromatic rings. The highest BCUT2D eigenvalue weighted by molar-refractivity contribution is 14.1. The molecule has 144 valence electrons. The summed E-state index contributed by atoms with van der Waals surface area (Å²) in [7, 11) is 0. The van der Waals surface area contributed by atoms with Gasteiger partial charge in [0.25, 0.3) is 0 Å². The van der Waals surface area contributed by atoms with Crippen molar-refractivity contribution in [3.8, 4) is 5.75 Å². The lowest BCUT2D eigenvalue weighted by Crippen LogP contribution is -2.13. The summed E-state index contributed by atoms with van der Waals surface area (Å²) in [4.78, 5) is 25.5. The van der Waals surface area contributed by atoms with Crippen molar-refractivity contribution >= 4 is 90.5 Å². The number of rotatable bonds is 5. The van der Waals surface area contributed by atoms with E-state index in [0.717, 1.165) is 22.5 Å². The molecule has 0 amide bonds. The van der Waals surface area contributed by atoms with E-state index in [1.54, 1.807) is 24.3 Å². The van der Waals surface area contributed by atoms with E-state index in [-0.39, 0.29) is 0 Å². The van der Waals surface area contributed by atoms with Gasteiger partial charge in [-0.25, -0.2) is 9.59 Å². The highest BCUT2D eigenvalue weighted by Gasteiger charge is 2.21. The average Bonchev–Trinajstić information content (AvgIpc) is 2.67. The van der Waals surface area contributed by atoms with Crippen LogP contribution in [0.4, 0.5) is 0 Å². The second-order valence-corrected chi connectivity index (χ2v) is 9.50. The van der Waals surface area contributed by atoms with E-state index in [1.807, 2.05) is 31.2 Å².